The summed E-state index contributed by atoms with van der Waals surface area (Å²) < 4.78 is 0. The number of thiocarbonyl (C=S) groups is 1. The average Bonchev–Trinajstić information content (AvgIpc) is 2.18. The Labute approximate surface area is 99.8 Å². The fraction of sp³-hybridized carbons (Fsp3) is 0.667. The predicted octanol–water partition coefficient (Wildman–Crippen LogP) is 0.411. The molecule has 0 rings (SSSR count). The van der Waals surface area contributed by atoms with E-state index in [0.29, 0.717) is 11.5 Å². The first-order chi connectivity index (χ1) is 7.22. The molecule has 0 radical (unpaired) electrons. The van der Waals surface area contributed by atoms with Crippen molar-refractivity contribution in [2.45, 2.75) is 26.7 Å². The van der Waals surface area contributed by atoms with Gasteiger partial charge in [0.2, 0.25) is 0 Å². The maximum Gasteiger partial charge on any atom is 0.320 e. The van der Waals surface area contributed by atoms with Crippen molar-refractivity contribution in [1.82, 2.24) is 5.32 Å². The van der Waals surface area contributed by atoms with Crippen LogP contribution < -0.4 is 11.1 Å². The minimum atomic E-state index is -1.62. The van der Waals surface area contributed by atoms with Gasteiger partial charge in [-0.05, 0) is 25.6 Å². The molecule has 5 N–H and O–H groups in total. The smallest absolute Gasteiger partial charge is 0.320 e. The SMILES string of the molecule is CCCC(C)(C(=O)O)C(=O)O.CNC(N)=S. The zero-order chi connectivity index (χ0) is 13.4. The van der Waals surface area contributed by atoms with Crippen molar-refractivity contribution in [3.63, 3.8) is 0 Å². The summed E-state index contributed by atoms with van der Waals surface area (Å²) in [7, 11) is 1.68. The molecule has 0 fully saturated rings. The molecule has 16 heavy (non-hydrogen) atoms. The van der Waals surface area contributed by atoms with Crippen LogP contribution in [0.5, 0.6) is 0 Å². The van der Waals surface area contributed by atoms with E-state index in [1.807, 2.05) is 0 Å². The molecular weight excluding hydrogens is 232 g/mol. The fourth-order valence-corrected chi connectivity index (χ4v) is 0.805. The molecule has 0 saturated carbocycles. The second kappa shape index (κ2) is 7.86. The molecular formula is C9H18N2O4S. The molecule has 0 aromatic heterocycles. The van der Waals surface area contributed by atoms with Gasteiger partial charge in [-0.1, -0.05) is 13.3 Å². The van der Waals surface area contributed by atoms with Crippen LogP contribution in [0, 0.1) is 5.41 Å². The molecule has 0 aromatic carbocycles. The summed E-state index contributed by atoms with van der Waals surface area (Å²) in [5, 5.41) is 20.0. The monoisotopic (exact) mass is 250 g/mol. The quantitative estimate of drug-likeness (QED) is 0.422. The first kappa shape index (κ1) is 17.0. The first-order valence-corrected chi connectivity index (χ1v) is 5.07. The van der Waals surface area contributed by atoms with Crippen molar-refractivity contribution in [1.29, 1.82) is 0 Å². The Morgan fingerprint density at radius 3 is 1.75 bits per heavy atom. The molecule has 0 aromatic rings. The topological polar surface area (TPSA) is 113 Å². The van der Waals surface area contributed by atoms with E-state index in [9.17, 15) is 9.59 Å². The predicted molar refractivity (Wildman–Crippen MR) is 64.1 cm³/mol. The highest BCUT2D eigenvalue weighted by atomic mass is 32.1. The van der Waals surface area contributed by atoms with Crippen LogP contribution in [0.15, 0.2) is 0 Å². The molecule has 7 heteroatoms. The first-order valence-electron chi connectivity index (χ1n) is 4.66. The lowest BCUT2D eigenvalue weighted by Gasteiger charge is -2.17. The highest BCUT2D eigenvalue weighted by molar-refractivity contribution is 7.80. The Morgan fingerprint density at radius 2 is 1.69 bits per heavy atom. The Kier molecular flexibility index (Phi) is 8.37. The number of nitrogens with two attached hydrogens (primary N) is 1. The zero-order valence-corrected chi connectivity index (χ0v) is 10.4. The maximum absolute atomic E-state index is 10.5. The molecule has 0 amide bonds. The number of carboxylic acids is 2. The van der Waals surface area contributed by atoms with Crippen molar-refractivity contribution in [2.24, 2.45) is 11.1 Å². The number of hydrogen-bond donors (Lipinski definition) is 4. The molecule has 0 unspecified atom stereocenters. The van der Waals surface area contributed by atoms with Gasteiger partial charge in [0.25, 0.3) is 0 Å². The molecule has 94 valence electrons. The van der Waals surface area contributed by atoms with E-state index in [0.717, 1.165) is 0 Å². The number of carboxylic acid groups (broad SMARTS) is 2. The number of rotatable bonds is 4. The van der Waals surface area contributed by atoms with Gasteiger partial charge in [-0.15, -0.1) is 0 Å². The van der Waals surface area contributed by atoms with Crippen LogP contribution in [0.4, 0.5) is 0 Å². The van der Waals surface area contributed by atoms with E-state index in [1.165, 1.54) is 6.92 Å². The van der Waals surface area contributed by atoms with E-state index in [4.69, 9.17) is 15.9 Å². The van der Waals surface area contributed by atoms with Crippen LogP contribution in [-0.4, -0.2) is 34.3 Å². The minimum absolute atomic E-state index is 0.164. The average molecular weight is 250 g/mol. The van der Waals surface area contributed by atoms with Crippen LogP contribution in [-0.2, 0) is 9.59 Å². The highest BCUT2D eigenvalue weighted by Gasteiger charge is 2.40. The van der Waals surface area contributed by atoms with Crippen LogP contribution >= 0.6 is 12.2 Å². The van der Waals surface area contributed by atoms with Crippen molar-refractivity contribution in [3.8, 4) is 0 Å². The van der Waals surface area contributed by atoms with Crippen molar-refractivity contribution in [3.05, 3.63) is 0 Å². The minimum Gasteiger partial charge on any atom is -0.480 e. The summed E-state index contributed by atoms with van der Waals surface area (Å²) in [5.74, 6) is -2.54. The normalized spacial score (nSPS) is 9.69. The summed E-state index contributed by atoms with van der Waals surface area (Å²) in [6.07, 6.45) is 0.715. The molecule has 0 heterocycles. The van der Waals surface area contributed by atoms with Gasteiger partial charge in [-0.25, -0.2) is 0 Å². The summed E-state index contributed by atoms with van der Waals surface area (Å²) >= 11 is 4.36. The highest BCUT2D eigenvalue weighted by Crippen LogP contribution is 2.23. The van der Waals surface area contributed by atoms with E-state index < -0.39 is 17.4 Å². The van der Waals surface area contributed by atoms with Gasteiger partial charge in [-0.2, -0.15) is 0 Å². The summed E-state index contributed by atoms with van der Waals surface area (Å²) in [6, 6.07) is 0. The van der Waals surface area contributed by atoms with Crippen molar-refractivity contribution < 1.29 is 19.8 Å². The molecule has 0 saturated heterocycles. The van der Waals surface area contributed by atoms with Gasteiger partial charge < -0.3 is 21.3 Å². The second-order valence-corrected chi connectivity index (χ2v) is 3.75. The van der Waals surface area contributed by atoms with Crippen molar-refractivity contribution in [2.75, 3.05) is 7.05 Å². The summed E-state index contributed by atoms with van der Waals surface area (Å²) in [6.45, 7) is 2.98. The lowest BCUT2D eigenvalue weighted by Crippen LogP contribution is -2.36. The van der Waals surface area contributed by atoms with Crippen LogP contribution in [0.3, 0.4) is 0 Å². The van der Waals surface area contributed by atoms with Gasteiger partial charge in [0.05, 0.1) is 0 Å². The van der Waals surface area contributed by atoms with E-state index in [1.54, 1.807) is 14.0 Å². The van der Waals surface area contributed by atoms with E-state index in [-0.39, 0.29) is 6.42 Å². The molecule has 6 nitrogen and oxygen atoms in total. The molecule has 0 spiro atoms. The third-order valence-electron chi connectivity index (χ3n) is 1.94. The Balaban J connectivity index is 0. The fourth-order valence-electron chi connectivity index (χ4n) is 0.805. The summed E-state index contributed by atoms with van der Waals surface area (Å²) in [5.41, 5.74) is 3.30. The molecule has 0 atom stereocenters. The van der Waals surface area contributed by atoms with Gasteiger partial charge in [0.1, 0.15) is 0 Å². The van der Waals surface area contributed by atoms with Gasteiger partial charge in [0.15, 0.2) is 10.5 Å². The third kappa shape index (κ3) is 6.18. The lowest BCUT2D eigenvalue weighted by atomic mass is 9.86. The third-order valence-corrected chi connectivity index (χ3v) is 2.14. The largest absolute Gasteiger partial charge is 0.480 e. The summed E-state index contributed by atoms with van der Waals surface area (Å²) in [4.78, 5) is 20.9. The molecule has 0 bridgehead atoms. The lowest BCUT2D eigenvalue weighted by molar-refractivity contribution is -0.163. The Hall–Kier alpha value is -1.37. The number of aliphatic carboxylic acids is 2. The number of hydrogen-bond acceptors (Lipinski definition) is 3. The Morgan fingerprint density at radius 1 is 1.38 bits per heavy atom. The van der Waals surface area contributed by atoms with Gasteiger partial charge >= 0.3 is 11.9 Å². The van der Waals surface area contributed by atoms with Crippen LogP contribution in [0.1, 0.15) is 26.7 Å². The molecule has 0 aliphatic carbocycles. The van der Waals surface area contributed by atoms with Crippen LogP contribution in [0.2, 0.25) is 0 Å². The van der Waals surface area contributed by atoms with Crippen LogP contribution in [0.25, 0.3) is 0 Å². The van der Waals surface area contributed by atoms with E-state index >= 15 is 0 Å². The van der Waals surface area contributed by atoms with E-state index in [2.05, 4.69) is 17.5 Å². The van der Waals surface area contributed by atoms with Gasteiger partial charge in [-0.3, -0.25) is 9.59 Å². The maximum atomic E-state index is 10.5. The van der Waals surface area contributed by atoms with Crippen molar-refractivity contribution >= 4 is 29.3 Å². The van der Waals surface area contributed by atoms with Gasteiger partial charge in [0, 0.05) is 7.05 Å². The second-order valence-electron chi connectivity index (χ2n) is 3.31. The standard InChI is InChI=1S/C7H12O4.C2H6N2S/c1-3-4-7(2,5(8)9)6(10)11;1-4-2(3)5/h3-4H2,1-2H3,(H,8,9)(H,10,11);1H3,(H3,3,4,5). The molecule has 0 aliphatic heterocycles. The molecule has 0 aliphatic rings. The zero-order valence-electron chi connectivity index (χ0n) is 9.61. The Bertz CT molecular complexity index is 254. The number of nitrogens with one attached hydrogen (secondary N) is 1. The number of carbonyl (C=O) groups is 2.